The van der Waals surface area contributed by atoms with E-state index < -0.39 is 24.1 Å². The number of carbonyl (C=O) groups is 3. The summed E-state index contributed by atoms with van der Waals surface area (Å²) in [6, 6.07) is 2.52. The number of nitrogens with zero attached hydrogens (tertiary/aromatic N) is 2. The first-order chi connectivity index (χ1) is 18.2. The number of likely N-dealkylation sites (tertiary alicyclic amines) is 1. The molecule has 0 spiro atoms. The lowest BCUT2D eigenvalue weighted by Gasteiger charge is -2.35. The fourth-order valence-corrected chi connectivity index (χ4v) is 5.90. The van der Waals surface area contributed by atoms with Gasteiger partial charge < -0.3 is 35.6 Å². The van der Waals surface area contributed by atoms with E-state index in [2.05, 4.69) is 15.5 Å². The van der Waals surface area contributed by atoms with Crippen LogP contribution >= 0.6 is 0 Å². The molecule has 2 saturated heterocycles. The number of aliphatic hydroxyl groups is 1. The van der Waals surface area contributed by atoms with Gasteiger partial charge in [0.2, 0.25) is 17.7 Å². The van der Waals surface area contributed by atoms with E-state index in [9.17, 15) is 29.7 Å². The minimum Gasteiger partial charge on any atom is -0.504 e. The fraction of sp³-hybridized carbons (Fsp3) is 0.667. The number of benzene rings is 1. The Labute approximate surface area is 223 Å². The molecule has 2 heterocycles. The zero-order valence-corrected chi connectivity index (χ0v) is 22.0. The molecule has 0 bridgehead atoms. The molecule has 11 nitrogen and oxygen atoms in total. The maximum Gasteiger partial charge on any atom is 0.249 e. The Bertz CT molecular complexity index is 1000. The number of phenolic OH excluding ortho intramolecular Hbond substituents is 2. The Morgan fingerprint density at radius 2 is 1.84 bits per heavy atom. The van der Waals surface area contributed by atoms with Crippen molar-refractivity contribution in [1.29, 1.82) is 0 Å². The molecule has 1 aliphatic carbocycles. The third-order valence-electron chi connectivity index (χ3n) is 7.98. The number of phenols is 2. The summed E-state index contributed by atoms with van der Waals surface area (Å²) in [7, 11) is 0. The van der Waals surface area contributed by atoms with Crippen LogP contribution in [0.1, 0.15) is 44.6 Å². The van der Waals surface area contributed by atoms with Gasteiger partial charge in [0.15, 0.2) is 11.5 Å². The van der Waals surface area contributed by atoms with Crippen molar-refractivity contribution in [2.75, 3.05) is 39.4 Å². The SMILES string of the molecule is C[C@H](NC(=O)[C@H](O)Cc1ccc(O)c(O)c1)C(=O)N1C2CCCCC2C[C@H]1C(=O)NCCN1CCOCC1. The third kappa shape index (κ3) is 6.75. The molecule has 210 valence electrons. The first kappa shape index (κ1) is 28.1. The van der Waals surface area contributed by atoms with E-state index in [-0.39, 0.29) is 41.7 Å². The summed E-state index contributed by atoms with van der Waals surface area (Å²) in [6.07, 6.45) is 2.97. The molecule has 38 heavy (non-hydrogen) atoms. The summed E-state index contributed by atoms with van der Waals surface area (Å²) in [5, 5.41) is 35.1. The van der Waals surface area contributed by atoms with Crippen LogP contribution in [-0.2, 0) is 25.5 Å². The van der Waals surface area contributed by atoms with E-state index in [1.165, 1.54) is 18.2 Å². The van der Waals surface area contributed by atoms with Crippen molar-refractivity contribution in [1.82, 2.24) is 20.4 Å². The summed E-state index contributed by atoms with van der Waals surface area (Å²) in [5.74, 6) is -1.58. The molecule has 1 aromatic rings. The highest BCUT2D eigenvalue weighted by Crippen LogP contribution is 2.40. The van der Waals surface area contributed by atoms with Crippen molar-refractivity contribution in [2.45, 2.75) is 69.7 Å². The molecule has 5 N–H and O–H groups in total. The predicted molar refractivity (Wildman–Crippen MR) is 138 cm³/mol. The number of fused-ring (bicyclic) bond motifs is 1. The number of nitrogens with one attached hydrogen (secondary N) is 2. The average Bonchev–Trinajstić information content (AvgIpc) is 3.30. The molecule has 0 radical (unpaired) electrons. The molecule has 2 unspecified atom stereocenters. The van der Waals surface area contributed by atoms with Gasteiger partial charge in [-0.25, -0.2) is 0 Å². The zero-order valence-electron chi connectivity index (χ0n) is 22.0. The van der Waals surface area contributed by atoms with E-state index >= 15 is 0 Å². The minimum atomic E-state index is -1.45. The number of hydrogen-bond acceptors (Lipinski definition) is 8. The quantitative estimate of drug-likeness (QED) is 0.281. The van der Waals surface area contributed by atoms with Gasteiger partial charge in [-0.15, -0.1) is 0 Å². The molecule has 1 aromatic carbocycles. The Balaban J connectivity index is 1.35. The summed E-state index contributed by atoms with van der Waals surface area (Å²) < 4.78 is 5.37. The van der Waals surface area contributed by atoms with Gasteiger partial charge in [-0.2, -0.15) is 0 Å². The van der Waals surface area contributed by atoms with Gasteiger partial charge in [0, 0.05) is 38.6 Å². The summed E-state index contributed by atoms with van der Waals surface area (Å²) >= 11 is 0. The Hall–Kier alpha value is -2.89. The van der Waals surface area contributed by atoms with Gasteiger partial charge in [0.1, 0.15) is 18.2 Å². The van der Waals surface area contributed by atoms with E-state index in [4.69, 9.17) is 4.74 Å². The van der Waals surface area contributed by atoms with Crippen LogP contribution in [0.5, 0.6) is 11.5 Å². The molecular formula is C27H40N4O7. The Morgan fingerprint density at radius 1 is 1.11 bits per heavy atom. The second-order valence-corrected chi connectivity index (χ2v) is 10.6. The van der Waals surface area contributed by atoms with Gasteiger partial charge in [0.25, 0.3) is 0 Å². The molecule has 3 amide bonds. The van der Waals surface area contributed by atoms with E-state index in [1.54, 1.807) is 11.8 Å². The van der Waals surface area contributed by atoms with Crippen LogP contribution in [-0.4, -0.2) is 106 Å². The standard InChI is InChI=1S/C27H40N4O7/c1-17(29-26(36)24(34)15-18-6-7-22(32)23(33)14-18)27(37)31-20-5-3-2-4-19(20)16-21(31)25(35)28-8-9-30-10-12-38-13-11-30/h6-7,14,17,19-21,24,32-34H,2-5,8-13,15-16H2,1H3,(H,28,35)(H,29,36)/t17-,19?,20?,21-,24+/m0/s1. The molecule has 0 aromatic heterocycles. The first-order valence-corrected chi connectivity index (χ1v) is 13.6. The number of hydrogen-bond donors (Lipinski definition) is 5. The molecule has 4 rings (SSSR count). The normalized spacial score (nSPS) is 25.3. The van der Waals surface area contributed by atoms with Crippen LogP contribution in [0.15, 0.2) is 18.2 Å². The summed E-state index contributed by atoms with van der Waals surface area (Å²) in [6.45, 7) is 5.86. The van der Waals surface area contributed by atoms with Crippen molar-refractivity contribution >= 4 is 17.7 Å². The lowest BCUT2D eigenvalue weighted by molar-refractivity contribution is -0.144. The van der Waals surface area contributed by atoms with E-state index in [0.717, 1.165) is 45.3 Å². The van der Waals surface area contributed by atoms with E-state index in [1.807, 2.05) is 0 Å². The highest BCUT2D eigenvalue weighted by molar-refractivity contribution is 5.93. The Kier molecular flexibility index (Phi) is 9.45. The number of morpholine rings is 1. The largest absolute Gasteiger partial charge is 0.504 e. The lowest BCUT2D eigenvalue weighted by Crippen LogP contribution is -2.56. The Morgan fingerprint density at radius 3 is 2.58 bits per heavy atom. The maximum atomic E-state index is 13.6. The number of aliphatic hydroxyl groups excluding tert-OH is 1. The number of rotatable bonds is 9. The number of aromatic hydroxyl groups is 2. The zero-order chi connectivity index (χ0) is 27.2. The highest BCUT2D eigenvalue weighted by Gasteiger charge is 2.48. The number of amides is 3. The number of carbonyl (C=O) groups excluding carboxylic acids is 3. The van der Waals surface area contributed by atoms with Crippen molar-refractivity contribution in [3.8, 4) is 11.5 Å². The first-order valence-electron chi connectivity index (χ1n) is 13.6. The predicted octanol–water partition coefficient (Wildman–Crippen LogP) is 0.114. The van der Waals surface area contributed by atoms with Gasteiger partial charge in [-0.05, 0) is 49.8 Å². The van der Waals surface area contributed by atoms with Crippen LogP contribution in [0.2, 0.25) is 0 Å². The van der Waals surface area contributed by atoms with Gasteiger partial charge >= 0.3 is 0 Å². The topological polar surface area (TPSA) is 152 Å². The van der Waals surface area contributed by atoms with Crippen LogP contribution < -0.4 is 10.6 Å². The van der Waals surface area contributed by atoms with Crippen molar-refractivity contribution in [3.05, 3.63) is 23.8 Å². The van der Waals surface area contributed by atoms with Crippen LogP contribution in [0.25, 0.3) is 0 Å². The minimum absolute atomic E-state index is 0.0320. The van der Waals surface area contributed by atoms with Gasteiger partial charge in [-0.3, -0.25) is 19.3 Å². The molecule has 2 aliphatic heterocycles. The van der Waals surface area contributed by atoms with Crippen LogP contribution in [0.3, 0.4) is 0 Å². The molecule has 3 aliphatic rings. The fourth-order valence-electron chi connectivity index (χ4n) is 5.90. The smallest absolute Gasteiger partial charge is 0.249 e. The van der Waals surface area contributed by atoms with Crippen molar-refractivity contribution < 1.29 is 34.4 Å². The van der Waals surface area contributed by atoms with E-state index in [0.29, 0.717) is 31.7 Å². The van der Waals surface area contributed by atoms with Crippen LogP contribution in [0.4, 0.5) is 0 Å². The second-order valence-electron chi connectivity index (χ2n) is 10.6. The summed E-state index contributed by atoms with van der Waals surface area (Å²) in [5.41, 5.74) is 0.459. The second kappa shape index (κ2) is 12.8. The molecule has 1 saturated carbocycles. The highest BCUT2D eigenvalue weighted by atomic mass is 16.5. The lowest BCUT2D eigenvalue weighted by atomic mass is 9.84. The molecule has 3 fully saturated rings. The van der Waals surface area contributed by atoms with Gasteiger partial charge in [-0.1, -0.05) is 18.9 Å². The molecule has 11 heteroatoms. The van der Waals surface area contributed by atoms with Gasteiger partial charge in [0.05, 0.1) is 13.2 Å². The summed E-state index contributed by atoms with van der Waals surface area (Å²) in [4.78, 5) is 43.4. The molecular weight excluding hydrogens is 492 g/mol. The van der Waals surface area contributed by atoms with Crippen molar-refractivity contribution in [2.24, 2.45) is 5.92 Å². The monoisotopic (exact) mass is 532 g/mol. The van der Waals surface area contributed by atoms with Crippen LogP contribution in [0, 0.1) is 5.92 Å². The van der Waals surface area contributed by atoms with Crippen molar-refractivity contribution in [3.63, 3.8) is 0 Å². The average molecular weight is 533 g/mol. The molecule has 5 atom stereocenters. The third-order valence-corrected chi connectivity index (χ3v) is 7.98. The maximum absolute atomic E-state index is 13.6. The number of ether oxygens (including phenoxy) is 1.